The smallest absolute Gasteiger partial charge is 0.265 e. The fraction of sp³-hybridized carbons (Fsp3) is 0.316. The van der Waals surface area contributed by atoms with Crippen LogP contribution in [0.3, 0.4) is 0 Å². The fourth-order valence-electron chi connectivity index (χ4n) is 2.52. The van der Waals surface area contributed by atoms with E-state index in [1.807, 2.05) is 19.9 Å². The summed E-state index contributed by atoms with van der Waals surface area (Å²) >= 11 is 6.02. The maximum atomic E-state index is 12.5. The van der Waals surface area contributed by atoms with Gasteiger partial charge in [-0.15, -0.1) is 0 Å². The molecule has 3 rings (SSSR count). The fourth-order valence-corrected chi connectivity index (χ4v) is 2.64. The van der Waals surface area contributed by atoms with Crippen LogP contribution < -0.4 is 19.5 Å². The summed E-state index contributed by atoms with van der Waals surface area (Å²) in [6.45, 7) is 4.83. The molecule has 0 saturated carbocycles. The molecule has 0 aliphatic carbocycles. The van der Waals surface area contributed by atoms with Gasteiger partial charge in [-0.05, 0) is 49.2 Å². The molecule has 1 atom stereocenters. The molecule has 0 fully saturated rings. The lowest BCUT2D eigenvalue weighted by Gasteiger charge is -2.20. The molecule has 25 heavy (non-hydrogen) atoms. The van der Waals surface area contributed by atoms with Crippen molar-refractivity contribution in [2.24, 2.45) is 0 Å². The molecule has 0 aromatic heterocycles. The number of aryl methyl sites for hydroxylation is 1. The van der Waals surface area contributed by atoms with Crippen molar-refractivity contribution in [2.75, 3.05) is 18.5 Å². The zero-order valence-electron chi connectivity index (χ0n) is 14.2. The minimum Gasteiger partial charge on any atom is -0.486 e. The maximum Gasteiger partial charge on any atom is 0.265 e. The number of hydrogen-bond acceptors (Lipinski definition) is 4. The van der Waals surface area contributed by atoms with Crippen molar-refractivity contribution in [1.82, 2.24) is 0 Å². The van der Waals surface area contributed by atoms with E-state index in [2.05, 4.69) is 5.32 Å². The number of anilines is 1. The number of halogens is 1. The zero-order valence-corrected chi connectivity index (χ0v) is 14.9. The van der Waals surface area contributed by atoms with E-state index in [-0.39, 0.29) is 5.91 Å². The molecule has 1 aliphatic rings. The molecular weight excluding hydrogens is 342 g/mol. The highest BCUT2D eigenvalue weighted by atomic mass is 35.5. The first-order valence-corrected chi connectivity index (χ1v) is 8.58. The van der Waals surface area contributed by atoms with Crippen LogP contribution in [0.2, 0.25) is 5.02 Å². The van der Waals surface area contributed by atoms with Crippen LogP contribution in [-0.2, 0) is 4.79 Å². The van der Waals surface area contributed by atoms with E-state index in [0.717, 1.165) is 5.56 Å². The number of ether oxygens (including phenoxy) is 3. The van der Waals surface area contributed by atoms with Gasteiger partial charge in [0.2, 0.25) is 0 Å². The van der Waals surface area contributed by atoms with E-state index in [1.54, 1.807) is 30.3 Å². The lowest BCUT2D eigenvalue weighted by molar-refractivity contribution is -0.122. The second-order valence-corrected chi connectivity index (χ2v) is 6.18. The van der Waals surface area contributed by atoms with Gasteiger partial charge in [-0.25, -0.2) is 0 Å². The number of amides is 1. The van der Waals surface area contributed by atoms with Crippen molar-refractivity contribution in [3.63, 3.8) is 0 Å². The van der Waals surface area contributed by atoms with E-state index in [4.69, 9.17) is 25.8 Å². The number of hydrogen-bond donors (Lipinski definition) is 1. The first-order chi connectivity index (χ1) is 12.1. The second-order valence-electron chi connectivity index (χ2n) is 5.77. The molecule has 1 amide bonds. The Morgan fingerprint density at radius 2 is 1.96 bits per heavy atom. The average Bonchev–Trinajstić information content (AvgIpc) is 2.62. The largest absolute Gasteiger partial charge is 0.486 e. The van der Waals surface area contributed by atoms with Crippen LogP contribution in [0, 0.1) is 6.92 Å². The van der Waals surface area contributed by atoms with Gasteiger partial charge in [-0.2, -0.15) is 0 Å². The number of fused-ring (bicyclic) bond motifs is 1. The summed E-state index contributed by atoms with van der Waals surface area (Å²) < 4.78 is 16.8. The van der Waals surface area contributed by atoms with Crippen LogP contribution in [0.5, 0.6) is 17.2 Å². The van der Waals surface area contributed by atoms with Gasteiger partial charge in [0.15, 0.2) is 17.6 Å². The van der Waals surface area contributed by atoms with Crippen molar-refractivity contribution < 1.29 is 19.0 Å². The van der Waals surface area contributed by atoms with E-state index in [0.29, 0.717) is 47.6 Å². The zero-order chi connectivity index (χ0) is 17.8. The third kappa shape index (κ3) is 4.17. The second kappa shape index (κ2) is 7.66. The van der Waals surface area contributed by atoms with Gasteiger partial charge in [0.25, 0.3) is 5.91 Å². The molecule has 0 radical (unpaired) electrons. The third-order valence-corrected chi connectivity index (χ3v) is 4.30. The van der Waals surface area contributed by atoms with Gasteiger partial charge in [0.1, 0.15) is 19.0 Å². The Morgan fingerprint density at radius 3 is 2.68 bits per heavy atom. The van der Waals surface area contributed by atoms with Crippen LogP contribution in [0.4, 0.5) is 5.69 Å². The Bertz CT molecular complexity index is 778. The minimum atomic E-state index is -0.603. The first-order valence-electron chi connectivity index (χ1n) is 8.20. The summed E-state index contributed by atoms with van der Waals surface area (Å²) in [5.74, 6) is 1.72. The Morgan fingerprint density at radius 1 is 1.20 bits per heavy atom. The topological polar surface area (TPSA) is 56.8 Å². The SMILES string of the molecule is CCC(Oc1ccc(Cl)c(C)c1)C(=O)Nc1ccc2c(c1)OCCO2. The van der Waals surface area contributed by atoms with Crippen molar-refractivity contribution in [1.29, 1.82) is 0 Å². The predicted octanol–water partition coefficient (Wildman–Crippen LogP) is 4.22. The predicted molar refractivity (Wildman–Crippen MR) is 97.0 cm³/mol. The Labute approximate surface area is 151 Å². The number of carbonyl (C=O) groups is 1. The normalized spacial score (nSPS) is 13.9. The van der Waals surface area contributed by atoms with Crippen LogP contribution in [0.1, 0.15) is 18.9 Å². The molecule has 5 nitrogen and oxygen atoms in total. The average molecular weight is 362 g/mol. The van der Waals surface area contributed by atoms with Gasteiger partial charge in [-0.1, -0.05) is 18.5 Å². The monoisotopic (exact) mass is 361 g/mol. The van der Waals surface area contributed by atoms with Crippen LogP contribution in [-0.4, -0.2) is 25.2 Å². The van der Waals surface area contributed by atoms with Crippen molar-refractivity contribution in [2.45, 2.75) is 26.4 Å². The standard InChI is InChI=1S/C19H20ClNO4/c1-3-16(25-14-5-6-15(20)12(2)10-14)19(22)21-13-4-7-17-18(11-13)24-9-8-23-17/h4-7,10-11,16H,3,8-9H2,1-2H3,(H,21,22). The van der Waals surface area contributed by atoms with Crippen LogP contribution >= 0.6 is 11.6 Å². The van der Waals surface area contributed by atoms with Gasteiger partial charge < -0.3 is 19.5 Å². The van der Waals surface area contributed by atoms with Gasteiger partial charge in [0, 0.05) is 16.8 Å². The highest BCUT2D eigenvalue weighted by molar-refractivity contribution is 6.31. The maximum absolute atomic E-state index is 12.5. The molecule has 132 valence electrons. The summed E-state index contributed by atoms with van der Waals surface area (Å²) in [5.41, 5.74) is 1.55. The van der Waals surface area contributed by atoms with Crippen molar-refractivity contribution in [3.05, 3.63) is 47.0 Å². The quantitative estimate of drug-likeness (QED) is 0.866. The van der Waals surface area contributed by atoms with E-state index >= 15 is 0 Å². The summed E-state index contributed by atoms with van der Waals surface area (Å²) in [6, 6.07) is 10.7. The van der Waals surface area contributed by atoms with Crippen molar-refractivity contribution in [3.8, 4) is 17.2 Å². The Kier molecular flexibility index (Phi) is 5.34. The first kappa shape index (κ1) is 17.4. The molecule has 1 N–H and O–H groups in total. The molecule has 1 aliphatic heterocycles. The molecular formula is C19H20ClNO4. The van der Waals surface area contributed by atoms with E-state index in [1.165, 1.54) is 0 Å². The van der Waals surface area contributed by atoms with Gasteiger partial charge >= 0.3 is 0 Å². The number of rotatable bonds is 5. The summed E-state index contributed by atoms with van der Waals surface area (Å²) in [5, 5.41) is 3.53. The molecule has 1 unspecified atom stereocenters. The molecule has 0 spiro atoms. The van der Waals surface area contributed by atoms with E-state index in [9.17, 15) is 4.79 Å². The molecule has 0 bridgehead atoms. The molecule has 6 heteroatoms. The van der Waals surface area contributed by atoms with E-state index < -0.39 is 6.10 Å². The Balaban J connectivity index is 1.68. The number of carbonyl (C=O) groups excluding carboxylic acids is 1. The molecule has 2 aromatic carbocycles. The van der Waals surface area contributed by atoms with Crippen molar-refractivity contribution >= 4 is 23.2 Å². The summed E-state index contributed by atoms with van der Waals surface area (Å²) in [4.78, 5) is 12.5. The Hall–Kier alpha value is -2.40. The summed E-state index contributed by atoms with van der Waals surface area (Å²) in [7, 11) is 0. The summed E-state index contributed by atoms with van der Waals surface area (Å²) in [6.07, 6.45) is -0.0632. The van der Waals surface area contributed by atoms with Gasteiger partial charge in [-0.3, -0.25) is 4.79 Å². The lowest BCUT2D eigenvalue weighted by atomic mass is 10.2. The molecule has 2 aromatic rings. The lowest BCUT2D eigenvalue weighted by Crippen LogP contribution is -2.32. The van der Waals surface area contributed by atoms with Crippen LogP contribution in [0.15, 0.2) is 36.4 Å². The number of benzene rings is 2. The highest BCUT2D eigenvalue weighted by Gasteiger charge is 2.20. The van der Waals surface area contributed by atoms with Crippen LogP contribution in [0.25, 0.3) is 0 Å². The minimum absolute atomic E-state index is 0.216. The van der Waals surface area contributed by atoms with Gasteiger partial charge in [0.05, 0.1) is 0 Å². The third-order valence-electron chi connectivity index (χ3n) is 3.88. The molecule has 0 saturated heterocycles. The number of nitrogens with one attached hydrogen (secondary N) is 1. The highest BCUT2D eigenvalue weighted by Crippen LogP contribution is 2.32. The molecule has 1 heterocycles.